The van der Waals surface area contributed by atoms with E-state index in [1.54, 1.807) is 0 Å². The molecule has 0 spiro atoms. The summed E-state index contributed by atoms with van der Waals surface area (Å²) in [6, 6.07) is 13.5. The van der Waals surface area contributed by atoms with Crippen LogP contribution in [0.4, 0.5) is 0 Å². The van der Waals surface area contributed by atoms with Gasteiger partial charge in [-0.1, -0.05) is 30.3 Å². The number of ether oxygens (including phenoxy) is 1. The highest BCUT2D eigenvalue weighted by atomic mass is 16.5. The molecule has 1 N–H and O–H groups in total. The second-order valence-corrected chi connectivity index (χ2v) is 6.06. The second kappa shape index (κ2) is 6.05. The number of imidazole rings is 1. The predicted molar refractivity (Wildman–Crippen MR) is 92.3 cm³/mol. The molecule has 1 aliphatic heterocycles. The molecule has 0 bridgehead atoms. The quantitative estimate of drug-likeness (QED) is 0.746. The maximum absolute atomic E-state index is 12.1. The van der Waals surface area contributed by atoms with Gasteiger partial charge in [0.25, 0.3) is 0 Å². The van der Waals surface area contributed by atoms with Crippen molar-refractivity contribution >= 4 is 17.5 Å². The van der Waals surface area contributed by atoms with E-state index in [9.17, 15) is 9.59 Å². The Kier molecular flexibility index (Phi) is 3.72. The minimum atomic E-state index is -0.464. The molecule has 1 aliphatic rings. The molecule has 126 valence electrons. The van der Waals surface area contributed by atoms with Crippen LogP contribution in [0.1, 0.15) is 28.4 Å². The molecule has 1 amide bonds. The third kappa shape index (κ3) is 2.65. The number of methoxy groups -OCH3 is 1. The van der Waals surface area contributed by atoms with Crippen LogP contribution in [0.25, 0.3) is 16.9 Å². The largest absolute Gasteiger partial charge is 0.464 e. The molecule has 25 heavy (non-hydrogen) atoms. The average molecular weight is 335 g/mol. The first kappa shape index (κ1) is 15.4. The monoisotopic (exact) mass is 335 g/mol. The van der Waals surface area contributed by atoms with Gasteiger partial charge in [0.1, 0.15) is 5.65 Å². The summed E-state index contributed by atoms with van der Waals surface area (Å²) in [5, 5.41) is 2.85. The number of hydrogen-bond donors (Lipinski definition) is 1. The van der Waals surface area contributed by atoms with Crippen molar-refractivity contribution in [2.45, 2.75) is 12.3 Å². The first-order valence-corrected chi connectivity index (χ1v) is 8.10. The van der Waals surface area contributed by atoms with Gasteiger partial charge in [-0.15, -0.1) is 0 Å². The van der Waals surface area contributed by atoms with Gasteiger partial charge in [-0.2, -0.15) is 0 Å². The van der Waals surface area contributed by atoms with Crippen LogP contribution in [-0.4, -0.2) is 34.9 Å². The lowest BCUT2D eigenvalue weighted by Gasteiger charge is -2.09. The molecule has 4 rings (SSSR count). The third-order valence-corrected chi connectivity index (χ3v) is 4.54. The van der Waals surface area contributed by atoms with Gasteiger partial charge >= 0.3 is 5.97 Å². The van der Waals surface area contributed by atoms with Gasteiger partial charge in [0.2, 0.25) is 5.91 Å². The number of fused-ring (bicyclic) bond motifs is 1. The zero-order chi connectivity index (χ0) is 17.4. The van der Waals surface area contributed by atoms with Gasteiger partial charge in [0.15, 0.2) is 5.69 Å². The molecule has 3 heterocycles. The van der Waals surface area contributed by atoms with E-state index in [1.165, 1.54) is 7.11 Å². The van der Waals surface area contributed by atoms with Crippen molar-refractivity contribution in [1.29, 1.82) is 0 Å². The van der Waals surface area contributed by atoms with E-state index in [0.29, 0.717) is 30.0 Å². The van der Waals surface area contributed by atoms with E-state index >= 15 is 0 Å². The average Bonchev–Trinajstić information content (AvgIpc) is 3.25. The Morgan fingerprint density at radius 1 is 1.24 bits per heavy atom. The molecular formula is C19H17N3O3. The van der Waals surface area contributed by atoms with Gasteiger partial charge in [-0.25, -0.2) is 9.78 Å². The van der Waals surface area contributed by atoms with Crippen LogP contribution in [0.2, 0.25) is 0 Å². The number of amides is 1. The van der Waals surface area contributed by atoms with Gasteiger partial charge in [-0.05, 0) is 17.7 Å². The highest BCUT2D eigenvalue weighted by Gasteiger charge is 2.24. The highest BCUT2D eigenvalue weighted by molar-refractivity contribution is 5.95. The Morgan fingerprint density at radius 3 is 2.72 bits per heavy atom. The van der Waals surface area contributed by atoms with E-state index in [4.69, 9.17) is 4.74 Å². The number of benzene rings is 1. The Hall–Kier alpha value is -3.15. The second-order valence-electron chi connectivity index (χ2n) is 6.06. The number of aromatic nitrogens is 2. The van der Waals surface area contributed by atoms with Crippen LogP contribution in [0.15, 0.2) is 48.7 Å². The van der Waals surface area contributed by atoms with Crippen LogP contribution in [0, 0.1) is 0 Å². The van der Waals surface area contributed by atoms with Crippen molar-refractivity contribution in [1.82, 2.24) is 14.7 Å². The predicted octanol–water partition coefficient (Wildman–Crippen LogP) is 2.39. The SMILES string of the molecule is COC(=O)c1nc2ccccn2c1-c1ccc(C2CNC(=O)C2)cc1. The third-order valence-electron chi connectivity index (χ3n) is 4.54. The molecule has 1 saturated heterocycles. The standard InChI is InChI=1S/C19H17N3O3/c1-25-19(24)17-18(22-9-3-2-4-15(22)21-17)13-7-5-12(6-8-13)14-10-16(23)20-11-14/h2-9,14H,10-11H2,1H3,(H,20,23). The van der Waals surface area contributed by atoms with Crippen molar-refractivity contribution in [3.63, 3.8) is 0 Å². The summed E-state index contributed by atoms with van der Waals surface area (Å²) in [5.74, 6) is -0.180. The van der Waals surface area contributed by atoms with E-state index in [0.717, 1.165) is 11.1 Å². The number of pyridine rings is 1. The summed E-state index contributed by atoms with van der Waals surface area (Å²) in [4.78, 5) is 28.0. The molecular weight excluding hydrogens is 318 g/mol. The zero-order valence-corrected chi connectivity index (χ0v) is 13.7. The molecule has 1 aromatic carbocycles. The molecule has 0 aliphatic carbocycles. The van der Waals surface area contributed by atoms with E-state index in [2.05, 4.69) is 10.3 Å². The number of esters is 1. The molecule has 6 nitrogen and oxygen atoms in total. The van der Waals surface area contributed by atoms with Gasteiger partial charge < -0.3 is 10.1 Å². The fourth-order valence-corrected chi connectivity index (χ4v) is 3.26. The number of nitrogens with one attached hydrogen (secondary N) is 1. The fraction of sp³-hybridized carbons (Fsp3) is 0.211. The first-order valence-electron chi connectivity index (χ1n) is 8.10. The summed E-state index contributed by atoms with van der Waals surface area (Å²) >= 11 is 0. The maximum atomic E-state index is 12.1. The zero-order valence-electron chi connectivity index (χ0n) is 13.7. The number of rotatable bonds is 3. The lowest BCUT2D eigenvalue weighted by Crippen LogP contribution is -2.13. The van der Waals surface area contributed by atoms with Gasteiger partial charge in [0, 0.05) is 30.6 Å². The minimum absolute atomic E-state index is 0.0869. The first-order chi connectivity index (χ1) is 12.2. The van der Waals surface area contributed by atoms with Crippen molar-refractivity contribution in [3.05, 3.63) is 59.9 Å². The van der Waals surface area contributed by atoms with Crippen LogP contribution in [0.3, 0.4) is 0 Å². The fourth-order valence-electron chi connectivity index (χ4n) is 3.26. The molecule has 1 fully saturated rings. The molecule has 3 aromatic rings. The van der Waals surface area contributed by atoms with Crippen molar-refractivity contribution in [3.8, 4) is 11.3 Å². The van der Waals surface area contributed by atoms with Crippen LogP contribution in [0.5, 0.6) is 0 Å². The summed E-state index contributed by atoms with van der Waals surface area (Å²) in [6.07, 6.45) is 2.39. The number of carbonyl (C=O) groups excluding carboxylic acids is 2. The summed E-state index contributed by atoms with van der Waals surface area (Å²) in [7, 11) is 1.35. The lowest BCUT2D eigenvalue weighted by molar-refractivity contribution is -0.119. The summed E-state index contributed by atoms with van der Waals surface area (Å²) < 4.78 is 6.76. The summed E-state index contributed by atoms with van der Waals surface area (Å²) in [6.45, 7) is 0.668. The minimum Gasteiger partial charge on any atom is -0.464 e. The van der Waals surface area contributed by atoms with Crippen molar-refractivity contribution in [2.75, 3.05) is 13.7 Å². The van der Waals surface area contributed by atoms with E-state index in [-0.39, 0.29) is 11.8 Å². The molecule has 0 radical (unpaired) electrons. The molecule has 0 saturated carbocycles. The molecule has 6 heteroatoms. The molecule has 1 unspecified atom stereocenters. The van der Waals surface area contributed by atoms with E-state index < -0.39 is 5.97 Å². The number of nitrogens with zero attached hydrogens (tertiary/aromatic N) is 2. The van der Waals surface area contributed by atoms with Gasteiger partial charge in [-0.3, -0.25) is 9.20 Å². The van der Waals surface area contributed by atoms with Crippen LogP contribution < -0.4 is 5.32 Å². The highest BCUT2D eigenvalue weighted by Crippen LogP contribution is 2.29. The number of carbonyl (C=O) groups is 2. The number of hydrogen-bond acceptors (Lipinski definition) is 4. The van der Waals surface area contributed by atoms with E-state index in [1.807, 2.05) is 53.1 Å². The van der Waals surface area contributed by atoms with Crippen molar-refractivity contribution in [2.24, 2.45) is 0 Å². The van der Waals surface area contributed by atoms with Crippen molar-refractivity contribution < 1.29 is 14.3 Å². The Labute approximate surface area is 144 Å². The summed E-state index contributed by atoms with van der Waals surface area (Å²) in [5.41, 5.74) is 3.66. The topological polar surface area (TPSA) is 72.7 Å². The lowest BCUT2D eigenvalue weighted by atomic mass is 9.96. The smallest absolute Gasteiger partial charge is 0.358 e. The van der Waals surface area contributed by atoms with Gasteiger partial charge in [0.05, 0.1) is 12.8 Å². The normalized spacial score (nSPS) is 16.8. The molecule has 2 aromatic heterocycles. The Bertz CT molecular complexity index is 960. The van der Waals surface area contributed by atoms with Crippen LogP contribution in [-0.2, 0) is 9.53 Å². The Morgan fingerprint density at radius 2 is 2.04 bits per heavy atom. The van der Waals surface area contributed by atoms with Crippen LogP contribution >= 0.6 is 0 Å². The molecule has 1 atom stereocenters. The maximum Gasteiger partial charge on any atom is 0.358 e. The Balaban J connectivity index is 1.78.